The van der Waals surface area contributed by atoms with E-state index in [1.807, 2.05) is 0 Å². The fraction of sp³-hybridized carbons (Fsp3) is 0.696. The van der Waals surface area contributed by atoms with E-state index in [0.29, 0.717) is 11.8 Å². The zero-order valence-corrected chi connectivity index (χ0v) is 17.0. The van der Waals surface area contributed by atoms with Crippen LogP contribution in [-0.2, 0) is 9.53 Å². The first-order chi connectivity index (χ1) is 12.9. The largest absolute Gasteiger partial charge is 0.371 e. The molecule has 2 aliphatic heterocycles. The summed E-state index contributed by atoms with van der Waals surface area (Å²) in [5.74, 6) is 1.25. The second-order valence-electron chi connectivity index (χ2n) is 9.46. The van der Waals surface area contributed by atoms with E-state index in [4.69, 9.17) is 4.74 Å². The summed E-state index contributed by atoms with van der Waals surface area (Å²) in [7, 11) is 0. The molecule has 0 radical (unpaired) electrons. The van der Waals surface area contributed by atoms with Gasteiger partial charge in [-0.3, -0.25) is 4.79 Å². The third kappa shape index (κ3) is 3.73. The molecule has 3 aliphatic rings. The van der Waals surface area contributed by atoms with Gasteiger partial charge in [0.1, 0.15) is 0 Å². The number of fused-ring (bicyclic) bond motifs is 1. The Kier molecular flexibility index (Phi) is 4.96. The topological polar surface area (TPSA) is 41.6 Å². The maximum absolute atomic E-state index is 12.0. The van der Waals surface area contributed by atoms with E-state index >= 15 is 0 Å². The number of nitrogens with one attached hydrogen (secondary N) is 1. The van der Waals surface area contributed by atoms with E-state index in [2.05, 4.69) is 54.4 Å². The van der Waals surface area contributed by atoms with Gasteiger partial charge in [-0.1, -0.05) is 31.5 Å². The maximum Gasteiger partial charge on any atom is 0.217 e. The maximum atomic E-state index is 12.0. The van der Waals surface area contributed by atoms with Gasteiger partial charge < -0.3 is 15.0 Å². The molecule has 1 amide bonds. The number of piperidine rings is 1. The minimum Gasteiger partial charge on any atom is -0.371 e. The van der Waals surface area contributed by atoms with E-state index in [-0.39, 0.29) is 23.2 Å². The van der Waals surface area contributed by atoms with Gasteiger partial charge in [-0.15, -0.1) is 0 Å². The van der Waals surface area contributed by atoms with E-state index in [1.165, 1.54) is 12.1 Å². The minimum atomic E-state index is -0.149. The highest BCUT2D eigenvalue weighted by Gasteiger charge is 2.55. The lowest BCUT2D eigenvalue weighted by Crippen LogP contribution is -2.66. The molecule has 0 aromatic heterocycles. The fourth-order valence-electron chi connectivity index (χ4n) is 6.00. The number of hydrogen-bond acceptors (Lipinski definition) is 3. The SMILES string of the molecule is CC(=O)N[C@]1(C)CC2(CCN(c3ccccc3)CC2)O[C@@H]2C[C@H](C)CC[C@H]21. The fourth-order valence-corrected chi connectivity index (χ4v) is 6.00. The van der Waals surface area contributed by atoms with Crippen LogP contribution in [0, 0.1) is 11.8 Å². The number of rotatable bonds is 2. The Bertz CT molecular complexity index is 668. The molecular weight excluding hydrogens is 336 g/mol. The molecule has 2 heterocycles. The number of ether oxygens (including phenoxy) is 1. The Balaban J connectivity index is 1.53. The van der Waals surface area contributed by atoms with Crippen molar-refractivity contribution in [3.8, 4) is 0 Å². The lowest BCUT2D eigenvalue weighted by molar-refractivity contribution is -0.207. The first-order valence-electron chi connectivity index (χ1n) is 10.7. The molecule has 1 aromatic carbocycles. The Morgan fingerprint density at radius 1 is 1.19 bits per heavy atom. The minimum absolute atomic E-state index is 0.0913. The van der Waals surface area contributed by atoms with E-state index in [1.54, 1.807) is 6.92 Å². The summed E-state index contributed by atoms with van der Waals surface area (Å²) in [6, 6.07) is 10.7. The Morgan fingerprint density at radius 3 is 2.56 bits per heavy atom. The van der Waals surface area contributed by atoms with Crippen LogP contribution in [0.5, 0.6) is 0 Å². The summed E-state index contributed by atoms with van der Waals surface area (Å²) >= 11 is 0. The number of anilines is 1. The summed E-state index contributed by atoms with van der Waals surface area (Å²) in [5.41, 5.74) is 1.06. The molecule has 4 atom stereocenters. The van der Waals surface area contributed by atoms with Crippen molar-refractivity contribution in [2.75, 3.05) is 18.0 Å². The molecule has 2 saturated heterocycles. The first kappa shape index (κ1) is 18.8. The molecule has 4 rings (SSSR count). The molecule has 27 heavy (non-hydrogen) atoms. The van der Waals surface area contributed by atoms with Crippen LogP contribution in [0.15, 0.2) is 30.3 Å². The smallest absolute Gasteiger partial charge is 0.217 e. The van der Waals surface area contributed by atoms with Gasteiger partial charge in [0.25, 0.3) is 0 Å². The number of nitrogens with zero attached hydrogens (tertiary/aromatic N) is 1. The third-order valence-electron chi connectivity index (χ3n) is 7.22. The second-order valence-corrected chi connectivity index (χ2v) is 9.46. The Hall–Kier alpha value is -1.55. The number of benzene rings is 1. The van der Waals surface area contributed by atoms with Crippen LogP contribution >= 0.6 is 0 Å². The van der Waals surface area contributed by atoms with Gasteiger partial charge in [0.05, 0.1) is 11.7 Å². The van der Waals surface area contributed by atoms with Crippen molar-refractivity contribution in [1.82, 2.24) is 5.32 Å². The number of amides is 1. The van der Waals surface area contributed by atoms with Gasteiger partial charge >= 0.3 is 0 Å². The summed E-state index contributed by atoms with van der Waals surface area (Å²) in [6.45, 7) is 8.32. The zero-order valence-electron chi connectivity index (χ0n) is 17.0. The quantitative estimate of drug-likeness (QED) is 0.850. The molecule has 148 valence electrons. The molecule has 1 aromatic rings. The highest BCUT2D eigenvalue weighted by molar-refractivity contribution is 5.73. The lowest BCUT2D eigenvalue weighted by Gasteiger charge is -2.58. The second kappa shape index (κ2) is 7.12. The van der Waals surface area contributed by atoms with Gasteiger partial charge in [0.15, 0.2) is 0 Å². The number of carbonyl (C=O) groups is 1. The molecule has 4 nitrogen and oxygen atoms in total. The average molecular weight is 371 g/mol. The first-order valence-corrected chi connectivity index (χ1v) is 10.7. The van der Waals surface area contributed by atoms with Crippen LogP contribution in [0.25, 0.3) is 0 Å². The molecular formula is C23H34N2O2. The third-order valence-corrected chi connectivity index (χ3v) is 7.22. The predicted octanol–water partition coefficient (Wildman–Crippen LogP) is 4.15. The van der Waals surface area contributed by atoms with Crippen LogP contribution in [0.4, 0.5) is 5.69 Å². The normalized spacial score (nSPS) is 35.5. The van der Waals surface area contributed by atoms with Gasteiger partial charge in [-0.05, 0) is 57.1 Å². The zero-order chi connectivity index (χ0) is 19.1. The molecule has 0 bridgehead atoms. The monoisotopic (exact) mass is 370 g/mol. The van der Waals surface area contributed by atoms with Crippen molar-refractivity contribution in [3.63, 3.8) is 0 Å². The summed E-state index contributed by atoms with van der Waals surface area (Å²) < 4.78 is 6.87. The summed E-state index contributed by atoms with van der Waals surface area (Å²) in [4.78, 5) is 14.5. The number of carbonyl (C=O) groups excluding carboxylic acids is 1. The van der Waals surface area contributed by atoms with Crippen LogP contribution in [0.2, 0.25) is 0 Å². The van der Waals surface area contributed by atoms with Crippen LogP contribution < -0.4 is 10.2 Å². The van der Waals surface area contributed by atoms with Crippen LogP contribution in [-0.4, -0.2) is 36.2 Å². The summed E-state index contributed by atoms with van der Waals surface area (Å²) in [5, 5.41) is 3.35. The van der Waals surface area contributed by atoms with Crippen LogP contribution in [0.3, 0.4) is 0 Å². The van der Waals surface area contributed by atoms with E-state index in [0.717, 1.165) is 45.2 Å². The highest BCUT2D eigenvalue weighted by atomic mass is 16.5. The van der Waals surface area contributed by atoms with Crippen molar-refractivity contribution >= 4 is 11.6 Å². The molecule has 1 saturated carbocycles. The average Bonchev–Trinajstić information content (AvgIpc) is 2.61. The van der Waals surface area contributed by atoms with Gasteiger partial charge in [-0.25, -0.2) is 0 Å². The van der Waals surface area contributed by atoms with Crippen molar-refractivity contribution < 1.29 is 9.53 Å². The number of hydrogen-bond donors (Lipinski definition) is 1. The molecule has 1 N–H and O–H groups in total. The standard InChI is InChI=1S/C23H34N2O2/c1-17-9-10-20-21(15-17)27-23(16-22(20,3)24-18(2)26)11-13-25(14-12-23)19-7-5-4-6-8-19/h4-8,17,20-21H,9-16H2,1-3H3,(H,24,26)/t17-,20-,21-,22-/m1/s1. The van der Waals surface area contributed by atoms with Crippen molar-refractivity contribution in [1.29, 1.82) is 0 Å². The molecule has 0 unspecified atom stereocenters. The van der Waals surface area contributed by atoms with Gasteiger partial charge in [0.2, 0.25) is 5.91 Å². The molecule has 1 spiro atoms. The summed E-state index contributed by atoms with van der Waals surface area (Å²) in [6.07, 6.45) is 6.83. The van der Waals surface area contributed by atoms with Crippen molar-refractivity contribution in [2.45, 2.75) is 76.5 Å². The molecule has 4 heteroatoms. The van der Waals surface area contributed by atoms with Gasteiger partial charge in [0, 0.05) is 37.2 Å². The Labute approximate surface area is 163 Å². The predicted molar refractivity (Wildman–Crippen MR) is 109 cm³/mol. The van der Waals surface area contributed by atoms with Gasteiger partial charge in [-0.2, -0.15) is 0 Å². The van der Waals surface area contributed by atoms with Crippen LogP contribution in [0.1, 0.15) is 59.3 Å². The van der Waals surface area contributed by atoms with E-state index in [9.17, 15) is 4.79 Å². The number of para-hydroxylation sites is 1. The molecule has 3 fully saturated rings. The van der Waals surface area contributed by atoms with Crippen molar-refractivity contribution in [3.05, 3.63) is 30.3 Å². The molecule has 1 aliphatic carbocycles. The highest BCUT2D eigenvalue weighted by Crippen LogP contribution is 2.50. The van der Waals surface area contributed by atoms with Crippen molar-refractivity contribution in [2.24, 2.45) is 11.8 Å². The lowest BCUT2D eigenvalue weighted by atomic mass is 9.63. The Morgan fingerprint density at radius 2 is 1.89 bits per heavy atom. The van der Waals surface area contributed by atoms with E-state index < -0.39 is 0 Å².